The van der Waals surface area contributed by atoms with Crippen LogP contribution in [0, 0.1) is 0 Å². The van der Waals surface area contributed by atoms with Gasteiger partial charge >= 0.3 is 5.97 Å². The predicted molar refractivity (Wildman–Crippen MR) is 74.8 cm³/mol. The molecule has 0 N–H and O–H groups in total. The van der Waals surface area contributed by atoms with Crippen LogP contribution in [0.3, 0.4) is 0 Å². The van der Waals surface area contributed by atoms with E-state index in [1.807, 2.05) is 0 Å². The molecule has 0 atom stereocenters. The average molecular weight is 317 g/mol. The van der Waals surface area contributed by atoms with Gasteiger partial charge in [0.2, 0.25) is 0 Å². The zero-order chi connectivity index (χ0) is 13.8. The fourth-order valence-electron chi connectivity index (χ4n) is 1.38. The van der Waals surface area contributed by atoms with Crippen LogP contribution in [0.25, 0.3) is 0 Å². The summed E-state index contributed by atoms with van der Waals surface area (Å²) in [4.78, 5) is 15.6. The Morgan fingerprint density at radius 3 is 2.53 bits per heavy atom. The van der Waals surface area contributed by atoms with E-state index in [4.69, 9.17) is 39.5 Å². The van der Waals surface area contributed by atoms with Gasteiger partial charge in [-0.3, -0.25) is 0 Å². The number of halogens is 3. The average Bonchev–Trinajstić information content (AvgIpc) is 2.40. The van der Waals surface area contributed by atoms with Crippen molar-refractivity contribution in [2.45, 2.75) is 6.61 Å². The summed E-state index contributed by atoms with van der Waals surface area (Å²) in [6.07, 6.45) is 1.31. The van der Waals surface area contributed by atoms with E-state index in [1.54, 1.807) is 24.3 Å². The normalized spacial score (nSPS) is 10.3. The lowest BCUT2D eigenvalue weighted by Gasteiger charge is -2.06. The van der Waals surface area contributed by atoms with E-state index >= 15 is 0 Å². The van der Waals surface area contributed by atoms with Crippen LogP contribution >= 0.6 is 34.8 Å². The van der Waals surface area contributed by atoms with Crippen LogP contribution in [0.4, 0.5) is 0 Å². The number of carbonyl (C=O) groups excluding carboxylic acids is 1. The molecule has 2 aromatic rings. The first-order valence-corrected chi connectivity index (χ1v) is 6.42. The van der Waals surface area contributed by atoms with Crippen LogP contribution in [-0.2, 0) is 11.3 Å². The Bertz CT molecular complexity index is 599. The van der Waals surface area contributed by atoms with Crippen LogP contribution < -0.4 is 0 Å². The molecule has 1 heterocycles. The zero-order valence-electron chi connectivity index (χ0n) is 9.57. The molecule has 0 spiro atoms. The van der Waals surface area contributed by atoms with Gasteiger partial charge in [-0.1, -0.05) is 46.9 Å². The molecule has 0 bridgehead atoms. The molecule has 6 heteroatoms. The van der Waals surface area contributed by atoms with Crippen molar-refractivity contribution >= 4 is 40.8 Å². The molecule has 0 radical (unpaired) electrons. The summed E-state index contributed by atoms with van der Waals surface area (Å²) in [5, 5.41) is 1.01. The van der Waals surface area contributed by atoms with Crippen LogP contribution in [0.2, 0.25) is 15.2 Å². The van der Waals surface area contributed by atoms with Crippen LogP contribution in [0.1, 0.15) is 15.9 Å². The van der Waals surface area contributed by atoms with E-state index in [9.17, 15) is 4.79 Å². The molecule has 19 heavy (non-hydrogen) atoms. The first-order valence-electron chi connectivity index (χ1n) is 5.29. The number of nitrogens with zero attached hydrogens (tertiary/aromatic N) is 1. The topological polar surface area (TPSA) is 39.2 Å². The summed E-state index contributed by atoms with van der Waals surface area (Å²) in [6, 6.07) is 8.36. The highest BCUT2D eigenvalue weighted by Crippen LogP contribution is 2.19. The third kappa shape index (κ3) is 3.83. The van der Waals surface area contributed by atoms with Crippen LogP contribution in [-0.4, -0.2) is 11.0 Å². The number of ether oxygens (including phenoxy) is 1. The lowest BCUT2D eigenvalue weighted by atomic mass is 10.2. The monoisotopic (exact) mass is 315 g/mol. The van der Waals surface area contributed by atoms with Gasteiger partial charge in [-0.15, -0.1) is 0 Å². The minimum absolute atomic E-state index is 0.131. The Hall–Kier alpha value is -1.29. The smallest absolute Gasteiger partial charge is 0.340 e. The zero-order valence-corrected chi connectivity index (χ0v) is 11.8. The Kier molecular flexibility index (Phi) is 4.64. The largest absolute Gasteiger partial charge is 0.457 e. The highest BCUT2D eigenvalue weighted by atomic mass is 35.5. The fraction of sp³-hybridized carbons (Fsp3) is 0.0769. The van der Waals surface area contributed by atoms with Gasteiger partial charge in [0.15, 0.2) is 0 Å². The number of carbonyl (C=O) groups is 1. The summed E-state index contributed by atoms with van der Waals surface area (Å²) in [5.41, 5.74) is 1.02. The second-order valence-corrected chi connectivity index (χ2v) is 4.92. The molecule has 0 amide bonds. The van der Waals surface area contributed by atoms with Gasteiger partial charge in [-0.2, -0.15) is 0 Å². The molecule has 2 rings (SSSR count). The molecule has 0 saturated heterocycles. The summed E-state index contributed by atoms with van der Waals surface area (Å²) >= 11 is 17.3. The quantitative estimate of drug-likeness (QED) is 0.622. The maximum atomic E-state index is 11.8. The molecule has 0 aliphatic carbocycles. The molecular formula is C13H8Cl3NO2. The van der Waals surface area contributed by atoms with Crippen molar-refractivity contribution in [3.8, 4) is 0 Å². The highest BCUT2D eigenvalue weighted by molar-refractivity contribution is 6.34. The number of aromatic nitrogens is 1. The van der Waals surface area contributed by atoms with Crippen molar-refractivity contribution < 1.29 is 9.53 Å². The molecule has 0 aliphatic rings. The van der Waals surface area contributed by atoms with Crippen molar-refractivity contribution in [3.63, 3.8) is 0 Å². The minimum atomic E-state index is -0.552. The molecule has 0 aliphatic heterocycles. The number of benzene rings is 1. The summed E-state index contributed by atoms with van der Waals surface area (Å²) in [5.74, 6) is -0.552. The minimum Gasteiger partial charge on any atom is -0.457 e. The fourth-order valence-corrected chi connectivity index (χ4v) is 1.84. The highest BCUT2D eigenvalue weighted by Gasteiger charge is 2.13. The van der Waals surface area contributed by atoms with Gasteiger partial charge < -0.3 is 4.74 Å². The molecule has 1 aromatic carbocycles. The van der Waals surface area contributed by atoms with Crippen LogP contribution in [0.15, 0.2) is 36.5 Å². The number of hydrogen-bond donors (Lipinski definition) is 0. The predicted octanol–water partition coefficient (Wildman–Crippen LogP) is 4.40. The summed E-state index contributed by atoms with van der Waals surface area (Å²) < 4.78 is 5.14. The van der Waals surface area contributed by atoms with Crippen molar-refractivity contribution in [3.05, 3.63) is 62.9 Å². The van der Waals surface area contributed by atoms with Gasteiger partial charge in [-0.25, -0.2) is 9.78 Å². The SMILES string of the molecule is O=C(OCc1ccc(Cl)cc1)c1cc(Cl)ncc1Cl. The van der Waals surface area contributed by atoms with E-state index < -0.39 is 5.97 Å². The van der Waals surface area contributed by atoms with Gasteiger partial charge in [0.25, 0.3) is 0 Å². The first kappa shape index (κ1) is 14.1. The molecular weight excluding hydrogens is 309 g/mol. The van der Waals surface area contributed by atoms with Gasteiger partial charge in [0, 0.05) is 11.2 Å². The van der Waals surface area contributed by atoms with E-state index in [0.717, 1.165) is 5.56 Å². The van der Waals surface area contributed by atoms with E-state index in [2.05, 4.69) is 4.98 Å². The van der Waals surface area contributed by atoms with E-state index in [1.165, 1.54) is 12.3 Å². The summed E-state index contributed by atoms with van der Waals surface area (Å²) in [6.45, 7) is 0.131. The van der Waals surface area contributed by atoms with E-state index in [0.29, 0.717) is 5.02 Å². The van der Waals surface area contributed by atoms with Gasteiger partial charge in [-0.05, 0) is 23.8 Å². The Morgan fingerprint density at radius 2 is 1.84 bits per heavy atom. The molecule has 1 aromatic heterocycles. The first-order chi connectivity index (χ1) is 9.06. The lowest BCUT2D eigenvalue weighted by Crippen LogP contribution is -2.06. The molecule has 0 saturated carbocycles. The van der Waals surface area contributed by atoms with Gasteiger partial charge in [0.1, 0.15) is 11.8 Å². The second kappa shape index (κ2) is 6.24. The molecule has 0 unspecified atom stereocenters. The van der Waals surface area contributed by atoms with E-state index in [-0.39, 0.29) is 22.3 Å². The molecule has 3 nitrogen and oxygen atoms in total. The maximum absolute atomic E-state index is 11.8. The number of rotatable bonds is 3. The van der Waals surface area contributed by atoms with Crippen molar-refractivity contribution in [1.82, 2.24) is 4.98 Å². The Morgan fingerprint density at radius 1 is 1.16 bits per heavy atom. The number of pyridine rings is 1. The third-order valence-electron chi connectivity index (χ3n) is 2.33. The lowest BCUT2D eigenvalue weighted by molar-refractivity contribution is 0.0473. The van der Waals surface area contributed by atoms with Crippen molar-refractivity contribution in [2.24, 2.45) is 0 Å². The molecule has 98 valence electrons. The number of esters is 1. The third-order valence-corrected chi connectivity index (χ3v) is 3.08. The van der Waals surface area contributed by atoms with Gasteiger partial charge in [0.05, 0.1) is 10.6 Å². The maximum Gasteiger partial charge on any atom is 0.340 e. The standard InChI is InChI=1S/C13H8Cl3NO2/c14-9-3-1-8(2-4-9)7-19-13(18)10-5-12(16)17-6-11(10)15/h1-6H,7H2. The Labute approximate surface area is 125 Å². The number of hydrogen-bond acceptors (Lipinski definition) is 3. The Balaban J connectivity index is 2.05. The molecule has 0 fully saturated rings. The second-order valence-electron chi connectivity index (χ2n) is 3.69. The summed E-state index contributed by atoms with van der Waals surface area (Å²) in [7, 11) is 0. The van der Waals surface area contributed by atoms with Crippen molar-refractivity contribution in [2.75, 3.05) is 0 Å². The van der Waals surface area contributed by atoms with Crippen LogP contribution in [0.5, 0.6) is 0 Å². The van der Waals surface area contributed by atoms with Crippen molar-refractivity contribution in [1.29, 1.82) is 0 Å².